The molecule has 3 atom stereocenters. The number of fused-ring (bicyclic) bond motifs is 1. The van der Waals surface area contributed by atoms with Crippen molar-refractivity contribution in [3.05, 3.63) is 77.9 Å². The lowest BCUT2D eigenvalue weighted by molar-refractivity contribution is 0.0109. The lowest BCUT2D eigenvalue weighted by Gasteiger charge is -2.35. The first kappa shape index (κ1) is 30.3. The van der Waals surface area contributed by atoms with Crippen LogP contribution in [0.3, 0.4) is 0 Å². The number of hydrogen-bond acceptors (Lipinski definition) is 7. The summed E-state index contributed by atoms with van der Waals surface area (Å²) in [5.74, 6) is -2.17. The van der Waals surface area contributed by atoms with E-state index in [1.165, 1.54) is 41.7 Å². The van der Waals surface area contributed by atoms with Crippen LogP contribution in [0.1, 0.15) is 34.7 Å². The van der Waals surface area contributed by atoms with Crippen molar-refractivity contribution in [3.8, 4) is 5.75 Å². The molecule has 0 bridgehead atoms. The minimum absolute atomic E-state index is 0.0481. The van der Waals surface area contributed by atoms with E-state index in [1.54, 1.807) is 19.1 Å². The summed E-state index contributed by atoms with van der Waals surface area (Å²) in [5, 5.41) is 4.78. The molecule has 13 heteroatoms. The molecular formula is C29H32F2N6O5. The fraction of sp³-hybridized carbons (Fsp3) is 0.345. The number of carbonyl (C=O) groups is 3. The van der Waals surface area contributed by atoms with E-state index in [0.717, 1.165) is 18.2 Å². The summed E-state index contributed by atoms with van der Waals surface area (Å²) >= 11 is 0. The average molecular weight is 583 g/mol. The van der Waals surface area contributed by atoms with Gasteiger partial charge in [-0.25, -0.2) is 18.6 Å². The number of methoxy groups -OCH3 is 1. The second kappa shape index (κ2) is 13.3. The average Bonchev–Trinajstić information content (AvgIpc) is 2.98. The van der Waals surface area contributed by atoms with Gasteiger partial charge in [-0.3, -0.25) is 14.6 Å². The number of nitrogens with one attached hydrogen (secondary N) is 2. The van der Waals surface area contributed by atoms with Crippen molar-refractivity contribution in [1.82, 2.24) is 19.8 Å². The lowest BCUT2D eigenvalue weighted by atomic mass is 10.0. The Morgan fingerprint density at radius 3 is 2.57 bits per heavy atom. The predicted octanol–water partition coefficient (Wildman–Crippen LogP) is 4.05. The van der Waals surface area contributed by atoms with E-state index >= 15 is 0 Å². The third-order valence-electron chi connectivity index (χ3n) is 6.92. The van der Waals surface area contributed by atoms with Gasteiger partial charge in [-0.1, -0.05) is 6.92 Å². The van der Waals surface area contributed by atoms with Crippen molar-refractivity contribution in [2.75, 3.05) is 44.5 Å². The second-order valence-corrected chi connectivity index (χ2v) is 10.1. The summed E-state index contributed by atoms with van der Waals surface area (Å²) in [6.07, 6.45) is 3.92. The zero-order chi connectivity index (χ0) is 30.4. The van der Waals surface area contributed by atoms with Gasteiger partial charge in [-0.15, -0.1) is 0 Å². The zero-order valence-corrected chi connectivity index (χ0v) is 23.6. The van der Waals surface area contributed by atoms with Crippen molar-refractivity contribution in [2.45, 2.75) is 26.0 Å². The van der Waals surface area contributed by atoms with Crippen LogP contribution in [0.15, 0.2) is 55.0 Å². The predicted molar refractivity (Wildman–Crippen MR) is 150 cm³/mol. The summed E-state index contributed by atoms with van der Waals surface area (Å²) in [6.45, 7) is 4.32. The van der Waals surface area contributed by atoms with Crippen molar-refractivity contribution >= 4 is 29.2 Å². The number of halogens is 2. The van der Waals surface area contributed by atoms with Crippen molar-refractivity contribution < 1.29 is 32.6 Å². The fourth-order valence-corrected chi connectivity index (χ4v) is 4.57. The summed E-state index contributed by atoms with van der Waals surface area (Å²) in [4.78, 5) is 50.8. The Kier molecular flexibility index (Phi) is 9.63. The highest BCUT2D eigenvalue weighted by Gasteiger charge is 2.31. The van der Waals surface area contributed by atoms with Crippen molar-refractivity contribution in [2.24, 2.45) is 5.92 Å². The van der Waals surface area contributed by atoms with Gasteiger partial charge in [0, 0.05) is 57.3 Å². The third kappa shape index (κ3) is 7.16. The van der Waals surface area contributed by atoms with Crippen LogP contribution in [0.2, 0.25) is 0 Å². The Labute approximate surface area is 241 Å². The van der Waals surface area contributed by atoms with Gasteiger partial charge in [0.25, 0.3) is 11.8 Å². The van der Waals surface area contributed by atoms with E-state index < -0.39 is 29.8 Å². The van der Waals surface area contributed by atoms with E-state index in [2.05, 4.69) is 20.6 Å². The second-order valence-electron chi connectivity index (χ2n) is 10.1. The van der Waals surface area contributed by atoms with E-state index in [0.29, 0.717) is 6.54 Å². The normalized spacial score (nSPS) is 19.6. The number of likely N-dealkylation sites (N-methyl/N-ethyl adjacent to an activating group) is 1. The molecule has 0 saturated heterocycles. The SMILES string of the molecule is CO[C@H]1CN(C)C(=O)c2cc(NC(=O)Nc3cc(F)ccc3F)ccc2OC[C@@H](C)N(C(=O)c2cnccn2)C[C@H]1C. The van der Waals surface area contributed by atoms with Crippen LogP contribution in [0.5, 0.6) is 5.75 Å². The van der Waals surface area contributed by atoms with Gasteiger partial charge in [-0.2, -0.15) is 0 Å². The highest BCUT2D eigenvalue weighted by atomic mass is 19.1. The van der Waals surface area contributed by atoms with Crippen LogP contribution in [0.4, 0.5) is 25.0 Å². The van der Waals surface area contributed by atoms with E-state index in [4.69, 9.17) is 9.47 Å². The Morgan fingerprint density at radius 2 is 1.86 bits per heavy atom. The molecule has 2 N–H and O–H groups in total. The summed E-state index contributed by atoms with van der Waals surface area (Å²) in [5.41, 5.74) is 0.212. The first-order valence-electron chi connectivity index (χ1n) is 13.2. The Hall–Kier alpha value is -4.65. The zero-order valence-electron chi connectivity index (χ0n) is 23.6. The highest BCUT2D eigenvalue weighted by Crippen LogP contribution is 2.27. The van der Waals surface area contributed by atoms with Gasteiger partial charge in [0.15, 0.2) is 0 Å². The van der Waals surface area contributed by atoms with Gasteiger partial charge in [-0.05, 0) is 37.3 Å². The number of amides is 4. The van der Waals surface area contributed by atoms with E-state index in [-0.39, 0.29) is 59.3 Å². The summed E-state index contributed by atoms with van der Waals surface area (Å²) in [6, 6.07) is 5.88. The molecule has 42 heavy (non-hydrogen) atoms. The van der Waals surface area contributed by atoms with Gasteiger partial charge in [0.1, 0.15) is 29.7 Å². The molecule has 2 aromatic carbocycles. The molecule has 11 nitrogen and oxygen atoms in total. The molecule has 4 rings (SSSR count). The molecule has 1 aromatic heterocycles. The number of ether oxygens (including phenoxy) is 2. The minimum Gasteiger partial charge on any atom is -0.491 e. The first-order valence-corrected chi connectivity index (χ1v) is 13.2. The lowest BCUT2D eigenvalue weighted by Crippen LogP contribution is -2.48. The number of benzene rings is 2. The van der Waals surface area contributed by atoms with Gasteiger partial charge < -0.3 is 29.9 Å². The fourth-order valence-electron chi connectivity index (χ4n) is 4.57. The molecule has 3 aromatic rings. The molecule has 2 heterocycles. The molecule has 0 saturated carbocycles. The number of urea groups is 1. The van der Waals surface area contributed by atoms with Crippen molar-refractivity contribution in [1.29, 1.82) is 0 Å². The number of anilines is 2. The number of hydrogen-bond donors (Lipinski definition) is 2. The smallest absolute Gasteiger partial charge is 0.323 e. The number of nitrogens with zero attached hydrogens (tertiary/aromatic N) is 4. The Morgan fingerprint density at radius 1 is 1.07 bits per heavy atom. The number of aromatic nitrogens is 2. The number of rotatable bonds is 4. The van der Waals surface area contributed by atoms with Crippen molar-refractivity contribution in [3.63, 3.8) is 0 Å². The molecule has 222 valence electrons. The van der Waals surface area contributed by atoms with Crippen LogP contribution in [0.25, 0.3) is 0 Å². The van der Waals surface area contributed by atoms with Crippen LogP contribution in [-0.4, -0.2) is 83.6 Å². The molecule has 1 aliphatic heterocycles. The molecule has 0 aliphatic carbocycles. The maximum atomic E-state index is 14.0. The largest absolute Gasteiger partial charge is 0.491 e. The van der Waals surface area contributed by atoms with Gasteiger partial charge in [0.2, 0.25) is 0 Å². The minimum atomic E-state index is -0.839. The molecule has 0 spiro atoms. The third-order valence-corrected chi connectivity index (χ3v) is 6.92. The number of carbonyl (C=O) groups excluding carboxylic acids is 3. The van der Waals surface area contributed by atoms with Gasteiger partial charge >= 0.3 is 6.03 Å². The molecular weight excluding hydrogens is 550 g/mol. The Balaban J connectivity index is 1.61. The van der Waals surface area contributed by atoms with Crippen LogP contribution >= 0.6 is 0 Å². The first-order chi connectivity index (χ1) is 20.1. The molecule has 0 unspecified atom stereocenters. The topological polar surface area (TPSA) is 126 Å². The molecule has 1 aliphatic rings. The summed E-state index contributed by atoms with van der Waals surface area (Å²) < 4.78 is 39.3. The van der Waals surface area contributed by atoms with E-state index in [1.807, 2.05) is 13.8 Å². The maximum Gasteiger partial charge on any atom is 0.323 e. The molecule has 0 fully saturated rings. The van der Waals surface area contributed by atoms with Crippen LogP contribution < -0.4 is 15.4 Å². The quantitative estimate of drug-likeness (QED) is 0.476. The highest BCUT2D eigenvalue weighted by molar-refractivity contribution is 6.02. The summed E-state index contributed by atoms with van der Waals surface area (Å²) in [7, 11) is 3.16. The standard InChI is InChI=1S/C29H32F2N6O5/c1-17-14-37(28(39)24-13-32-9-10-33-24)18(2)16-42-25-8-6-20(12-21(25)27(38)36(3)15-26(17)41-4)34-29(40)35-23-11-19(30)5-7-22(23)31/h5-13,17-18,26H,14-16H2,1-4H3,(H2,34,35,40)/t17-,18-,26+/m1/s1. The van der Waals surface area contributed by atoms with Gasteiger partial charge in [0.05, 0.1) is 29.6 Å². The van der Waals surface area contributed by atoms with E-state index in [9.17, 15) is 23.2 Å². The Bertz CT molecular complexity index is 1440. The maximum absolute atomic E-state index is 14.0. The monoisotopic (exact) mass is 582 g/mol. The molecule has 0 radical (unpaired) electrons. The van der Waals surface area contributed by atoms with Crippen LogP contribution in [-0.2, 0) is 4.74 Å². The van der Waals surface area contributed by atoms with Crippen LogP contribution in [0, 0.1) is 17.6 Å². The molecule has 4 amide bonds.